The predicted molar refractivity (Wildman–Crippen MR) is 152 cm³/mol. The Hall–Kier alpha value is -5.14. The number of hydrogen-bond donors (Lipinski definition) is 1. The van der Waals surface area contributed by atoms with Gasteiger partial charge in [0.05, 0.1) is 22.1 Å². The number of amides is 2. The summed E-state index contributed by atoms with van der Waals surface area (Å²) >= 11 is 0. The smallest absolute Gasteiger partial charge is 0.361 e. The van der Waals surface area contributed by atoms with Gasteiger partial charge in [0.1, 0.15) is 0 Å². The molecule has 1 N–H and O–H groups in total. The number of nitrogens with one attached hydrogen (secondary N) is 1. The van der Waals surface area contributed by atoms with Crippen molar-refractivity contribution >= 4 is 34.5 Å². The highest BCUT2D eigenvalue weighted by atomic mass is 19.4. The highest BCUT2D eigenvalue weighted by Gasteiger charge is 2.39. The van der Waals surface area contributed by atoms with Crippen LogP contribution in [0, 0.1) is 10.1 Å². The van der Waals surface area contributed by atoms with Gasteiger partial charge in [0, 0.05) is 60.5 Å². The fourth-order valence-corrected chi connectivity index (χ4v) is 5.28. The van der Waals surface area contributed by atoms with Crippen molar-refractivity contribution in [3.63, 3.8) is 0 Å². The Morgan fingerprint density at radius 3 is 2.20 bits per heavy atom. The minimum absolute atomic E-state index is 0.0336. The van der Waals surface area contributed by atoms with Crippen LogP contribution in [0.2, 0.25) is 0 Å². The zero-order chi connectivity index (χ0) is 32.5. The zero-order valence-electron chi connectivity index (χ0n) is 23.2. The lowest BCUT2D eigenvalue weighted by molar-refractivity contribution is -0.384. The summed E-state index contributed by atoms with van der Waals surface area (Å²) in [5, 5.41) is 11.7. The van der Waals surface area contributed by atoms with Gasteiger partial charge in [-0.3, -0.25) is 19.7 Å². The highest BCUT2D eigenvalue weighted by molar-refractivity contribution is 5.96. The second-order valence-electron chi connectivity index (χ2n) is 10.5. The van der Waals surface area contributed by atoms with Crippen molar-refractivity contribution in [3.05, 3.63) is 117 Å². The molecule has 0 saturated carbocycles. The molecule has 1 aromatic heterocycles. The number of rotatable bonds is 6. The maximum atomic E-state index is 13.6. The molecule has 45 heavy (non-hydrogen) atoms. The van der Waals surface area contributed by atoms with Crippen LogP contribution < -0.4 is 0 Å². The van der Waals surface area contributed by atoms with Gasteiger partial charge in [0.15, 0.2) is 0 Å². The average molecular weight is 631 g/mol. The van der Waals surface area contributed by atoms with Crippen molar-refractivity contribution in [1.29, 1.82) is 0 Å². The van der Waals surface area contributed by atoms with E-state index in [9.17, 15) is 46.0 Å². The molecule has 0 spiro atoms. The van der Waals surface area contributed by atoms with E-state index in [0.717, 1.165) is 16.5 Å². The molecular formula is C31H24F6N4O4. The summed E-state index contributed by atoms with van der Waals surface area (Å²) in [5.41, 5.74) is -2.04. The molecule has 0 radical (unpaired) electrons. The van der Waals surface area contributed by atoms with Crippen LogP contribution in [0.5, 0.6) is 0 Å². The van der Waals surface area contributed by atoms with E-state index in [1.165, 1.54) is 46.2 Å². The highest BCUT2D eigenvalue weighted by Crippen LogP contribution is 2.37. The number of aromatic amines is 1. The summed E-state index contributed by atoms with van der Waals surface area (Å²) in [4.78, 5) is 42.8. The Labute approximate surface area is 251 Å². The maximum absolute atomic E-state index is 13.6. The molecule has 1 atom stereocenters. The number of nitro benzene ring substituents is 1. The van der Waals surface area contributed by atoms with Crippen molar-refractivity contribution in [2.45, 2.75) is 24.8 Å². The van der Waals surface area contributed by atoms with Gasteiger partial charge in [-0.25, -0.2) is 0 Å². The number of fused-ring (bicyclic) bond motifs is 1. The van der Waals surface area contributed by atoms with E-state index in [4.69, 9.17) is 0 Å². The number of H-pyrrole nitrogens is 1. The topological polar surface area (TPSA) is 99.5 Å². The summed E-state index contributed by atoms with van der Waals surface area (Å²) in [7, 11) is 0. The number of nitrogens with zero attached hydrogens (tertiary/aromatic N) is 3. The number of piperazine rings is 1. The van der Waals surface area contributed by atoms with E-state index in [-0.39, 0.29) is 37.8 Å². The number of non-ortho nitro benzene ring substituents is 1. The third-order valence-corrected chi connectivity index (χ3v) is 7.54. The molecule has 5 rings (SSSR count). The van der Waals surface area contributed by atoms with E-state index in [1.54, 1.807) is 12.3 Å². The van der Waals surface area contributed by atoms with Crippen molar-refractivity contribution < 1.29 is 40.9 Å². The molecule has 1 saturated heterocycles. The number of nitro groups is 1. The summed E-state index contributed by atoms with van der Waals surface area (Å²) in [6.45, 7) is -0.245. The Morgan fingerprint density at radius 1 is 0.933 bits per heavy atom. The van der Waals surface area contributed by atoms with E-state index >= 15 is 0 Å². The fourth-order valence-electron chi connectivity index (χ4n) is 5.28. The summed E-state index contributed by atoms with van der Waals surface area (Å²) < 4.78 is 81.2. The Morgan fingerprint density at radius 2 is 1.58 bits per heavy atom. The molecule has 2 amide bonds. The third-order valence-electron chi connectivity index (χ3n) is 7.54. The molecule has 0 aliphatic carbocycles. The van der Waals surface area contributed by atoms with Crippen LogP contribution in [0.4, 0.5) is 32.0 Å². The van der Waals surface area contributed by atoms with E-state index in [0.29, 0.717) is 17.7 Å². The first kappa shape index (κ1) is 31.3. The SMILES string of the molecule is O=C(/C=C/c1ccc([N+](=O)[O-])cc1)N1CCN(C(=O)c2cc(C(F)(F)F)cc(C(F)(F)F)c2)C(Cc2c[nH]c3ccccc23)C1. The van der Waals surface area contributed by atoms with Crippen molar-refractivity contribution in [1.82, 2.24) is 14.8 Å². The molecule has 8 nitrogen and oxygen atoms in total. The molecule has 1 aliphatic rings. The first-order valence-corrected chi connectivity index (χ1v) is 13.6. The minimum Gasteiger partial charge on any atom is -0.361 e. The van der Waals surface area contributed by atoms with Gasteiger partial charge >= 0.3 is 12.4 Å². The normalized spacial score (nSPS) is 16.0. The molecule has 14 heteroatoms. The Kier molecular flexibility index (Phi) is 8.41. The lowest BCUT2D eigenvalue weighted by Crippen LogP contribution is -2.57. The zero-order valence-corrected chi connectivity index (χ0v) is 23.2. The molecule has 0 bridgehead atoms. The number of carbonyl (C=O) groups excluding carboxylic acids is 2. The summed E-state index contributed by atoms with van der Waals surface area (Å²) in [6.07, 6.45) is -5.68. The average Bonchev–Trinajstić information content (AvgIpc) is 3.41. The van der Waals surface area contributed by atoms with E-state index in [1.807, 2.05) is 18.2 Å². The van der Waals surface area contributed by atoms with Crippen molar-refractivity contribution in [3.8, 4) is 0 Å². The van der Waals surface area contributed by atoms with Crippen LogP contribution in [0.3, 0.4) is 0 Å². The van der Waals surface area contributed by atoms with Crippen LogP contribution in [0.15, 0.2) is 79.0 Å². The van der Waals surface area contributed by atoms with E-state index in [2.05, 4.69) is 4.98 Å². The standard InChI is InChI=1S/C31H24F6N4O4/c32-30(33,34)22-13-20(14-23(16-22)31(35,36)37)29(43)40-12-11-39(28(42)10-7-19-5-8-24(9-6-19)41(44)45)18-25(40)15-21-17-38-27-4-2-1-3-26(21)27/h1-10,13-14,16-17,25,38H,11-12,15,18H2/b10-7+. The Balaban J connectivity index is 1.44. The Bertz CT molecular complexity index is 1750. The fraction of sp³-hybridized carbons (Fsp3) is 0.226. The molecule has 1 aliphatic heterocycles. The molecule has 1 fully saturated rings. The van der Waals surface area contributed by atoms with Crippen LogP contribution in [0.1, 0.15) is 32.6 Å². The number of para-hydroxylation sites is 1. The minimum atomic E-state index is -5.12. The summed E-state index contributed by atoms with van der Waals surface area (Å²) in [5.74, 6) is -1.48. The van der Waals surface area contributed by atoms with Gasteiger partial charge in [-0.2, -0.15) is 26.3 Å². The van der Waals surface area contributed by atoms with Gasteiger partial charge in [-0.1, -0.05) is 18.2 Å². The maximum Gasteiger partial charge on any atom is 0.416 e. The van der Waals surface area contributed by atoms with Crippen LogP contribution in [0.25, 0.3) is 17.0 Å². The second-order valence-corrected chi connectivity index (χ2v) is 10.5. The first-order chi connectivity index (χ1) is 21.2. The molecule has 234 valence electrons. The lowest BCUT2D eigenvalue weighted by Gasteiger charge is -2.41. The largest absolute Gasteiger partial charge is 0.416 e. The molecular weight excluding hydrogens is 606 g/mol. The van der Waals surface area contributed by atoms with Crippen molar-refractivity contribution in [2.24, 2.45) is 0 Å². The van der Waals surface area contributed by atoms with Crippen LogP contribution in [-0.4, -0.2) is 57.2 Å². The van der Waals surface area contributed by atoms with Gasteiger partial charge in [0.25, 0.3) is 11.6 Å². The third kappa shape index (κ3) is 7.00. The number of benzene rings is 3. The number of alkyl halides is 6. The molecule has 4 aromatic rings. The van der Waals surface area contributed by atoms with Gasteiger partial charge in [-0.05, 0) is 60.0 Å². The number of hydrogen-bond acceptors (Lipinski definition) is 4. The van der Waals surface area contributed by atoms with Crippen molar-refractivity contribution in [2.75, 3.05) is 19.6 Å². The quantitative estimate of drug-likeness (QED) is 0.111. The molecule has 2 heterocycles. The number of aromatic nitrogens is 1. The second kappa shape index (κ2) is 12.1. The summed E-state index contributed by atoms with van der Waals surface area (Å²) in [6, 6.07) is 12.7. The van der Waals surface area contributed by atoms with Crippen LogP contribution >= 0.6 is 0 Å². The lowest BCUT2D eigenvalue weighted by atomic mass is 9.98. The predicted octanol–water partition coefficient (Wildman–Crippen LogP) is 6.72. The number of halogens is 6. The molecule has 3 aromatic carbocycles. The van der Waals surface area contributed by atoms with Gasteiger partial charge in [0.2, 0.25) is 5.91 Å². The van der Waals surface area contributed by atoms with Gasteiger partial charge < -0.3 is 14.8 Å². The van der Waals surface area contributed by atoms with E-state index < -0.39 is 51.8 Å². The number of carbonyl (C=O) groups is 2. The van der Waals surface area contributed by atoms with Gasteiger partial charge in [-0.15, -0.1) is 0 Å². The molecule has 1 unspecified atom stereocenters. The monoisotopic (exact) mass is 630 g/mol. The first-order valence-electron chi connectivity index (χ1n) is 13.6. The van der Waals surface area contributed by atoms with Crippen LogP contribution in [-0.2, 0) is 23.6 Å².